The minimum absolute atomic E-state index is 0.177. The molecule has 1 aromatic rings. The first-order chi connectivity index (χ1) is 9.60. The normalized spacial score (nSPS) is 20.1. The third kappa shape index (κ3) is 3.27. The van der Waals surface area contributed by atoms with Crippen molar-refractivity contribution in [3.05, 3.63) is 24.0 Å². The van der Waals surface area contributed by atoms with E-state index in [9.17, 15) is 8.42 Å². The van der Waals surface area contributed by atoms with E-state index in [0.717, 1.165) is 23.5 Å². The van der Waals surface area contributed by atoms with E-state index in [-0.39, 0.29) is 5.75 Å². The Bertz CT molecular complexity index is 548. The SMILES string of the molecule is CCS(=O)(=O)C1CSCCN1c1cnccc1CNC. The summed E-state index contributed by atoms with van der Waals surface area (Å²) >= 11 is 1.71. The van der Waals surface area contributed by atoms with Crippen LogP contribution >= 0.6 is 11.8 Å². The zero-order valence-corrected chi connectivity index (χ0v) is 13.5. The summed E-state index contributed by atoms with van der Waals surface area (Å²) in [7, 11) is -1.21. The van der Waals surface area contributed by atoms with Gasteiger partial charge in [-0.3, -0.25) is 4.98 Å². The molecule has 0 amide bonds. The number of anilines is 1. The predicted molar refractivity (Wildman–Crippen MR) is 84.9 cm³/mol. The monoisotopic (exact) mass is 315 g/mol. The van der Waals surface area contributed by atoms with Gasteiger partial charge in [-0.2, -0.15) is 11.8 Å². The van der Waals surface area contributed by atoms with Crippen molar-refractivity contribution in [2.24, 2.45) is 0 Å². The summed E-state index contributed by atoms with van der Waals surface area (Å²) in [4.78, 5) is 6.18. The van der Waals surface area contributed by atoms with Crippen LogP contribution in [0.4, 0.5) is 5.69 Å². The number of pyridine rings is 1. The van der Waals surface area contributed by atoms with E-state index in [1.807, 2.05) is 18.0 Å². The molecule has 0 radical (unpaired) electrons. The van der Waals surface area contributed by atoms with Crippen LogP contribution in [0, 0.1) is 0 Å². The first kappa shape index (κ1) is 15.6. The van der Waals surface area contributed by atoms with E-state index in [1.54, 1.807) is 31.1 Å². The quantitative estimate of drug-likeness (QED) is 0.878. The Hall–Kier alpha value is -0.790. The molecule has 1 N–H and O–H groups in total. The number of thioether (sulfide) groups is 1. The van der Waals surface area contributed by atoms with Gasteiger partial charge in [0.25, 0.3) is 0 Å². The van der Waals surface area contributed by atoms with Gasteiger partial charge >= 0.3 is 0 Å². The molecule has 0 spiro atoms. The molecule has 0 bridgehead atoms. The molecule has 1 saturated heterocycles. The third-order valence-electron chi connectivity index (χ3n) is 3.47. The molecule has 1 fully saturated rings. The Labute approximate surface area is 125 Å². The van der Waals surface area contributed by atoms with Crippen molar-refractivity contribution in [2.75, 3.05) is 35.8 Å². The summed E-state index contributed by atoms with van der Waals surface area (Å²) in [6, 6.07) is 1.95. The highest BCUT2D eigenvalue weighted by Gasteiger charge is 2.33. The zero-order valence-electron chi connectivity index (χ0n) is 11.9. The number of sulfone groups is 1. The standard InChI is InChI=1S/C13H21N3O2S2/c1-3-20(17,18)13-10-19-7-6-16(13)12-9-15-5-4-11(12)8-14-2/h4-5,9,13-14H,3,6-8,10H2,1-2H3. The molecule has 1 atom stereocenters. The van der Waals surface area contributed by atoms with Crippen LogP contribution in [0.5, 0.6) is 0 Å². The summed E-state index contributed by atoms with van der Waals surface area (Å²) in [5, 5.41) is 2.68. The second-order valence-electron chi connectivity index (χ2n) is 4.71. The Kier molecular flexibility index (Phi) is 5.29. The van der Waals surface area contributed by atoms with Gasteiger partial charge in [0, 0.05) is 36.5 Å². The van der Waals surface area contributed by atoms with Gasteiger partial charge in [0.1, 0.15) is 5.37 Å². The number of hydrogen-bond donors (Lipinski definition) is 1. The van der Waals surface area contributed by atoms with Crippen molar-refractivity contribution in [1.82, 2.24) is 10.3 Å². The molecular weight excluding hydrogens is 294 g/mol. The Morgan fingerprint density at radius 1 is 1.55 bits per heavy atom. The van der Waals surface area contributed by atoms with Crippen LogP contribution in [0.2, 0.25) is 0 Å². The highest BCUT2D eigenvalue weighted by Crippen LogP contribution is 2.29. The minimum Gasteiger partial charge on any atom is -0.352 e. The van der Waals surface area contributed by atoms with Gasteiger partial charge in [-0.25, -0.2) is 8.42 Å². The van der Waals surface area contributed by atoms with E-state index in [0.29, 0.717) is 12.3 Å². The van der Waals surface area contributed by atoms with Crippen molar-refractivity contribution >= 4 is 27.3 Å². The van der Waals surface area contributed by atoms with E-state index in [4.69, 9.17) is 0 Å². The number of aromatic nitrogens is 1. The molecule has 0 saturated carbocycles. The van der Waals surface area contributed by atoms with Crippen LogP contribution in [0.1, 0.15) is 12.5 Å². The van der Waals surface area contributed by atoms with Crippen molar-refractivity contribution in [1.29, 1.82) is 0 Å². The molecule has 2 rings (SSSR count). The van der Waals surface area contributed by atoms with Gasteiger partial charge in [0.2, 0.25) is 0 Å². The van der Waals surface area contributed by atoms with Gasteiger partial charge in [0.15, 0.2) is 9.84 Å². The number of nitrogens with one attached hydrogen (secondary N) is 1. The maximum Gasteiger partial charge on any atom is 0.171 e. The van der Waals surface area contributed by atoms with Crippen LogP contribution in [0.25, 0.3) is 0 Å². The number of nitrogens with zero attached hydrogens (tertiary/aromatic N) is 2. The van der Waals surface area contributed by atoms with Gasteiger partial charge in [-0.05, 0) is 18.7 Å². The van der Waals surface area contributed by atoms with E-state index in [2.05, 4.69) is 10.3 Å². The molecule has 0 aromatic carbocycles. The van der Waals surface area contributed by atoms with E-state index >= 15 is 0 Å². The third-order valence-corrected chi connectivity index (χ3v) is 6.75. The molecule has 1 aliphatic heterocycles. The number of rotatable bonds is 5. The first-order valence-corrected chi connectivity index (χ1v) is 9.60. The highest BCUT2D eigenvalue weighted by atomic mass is 32.2. The number of hydrogen-bond acceptors (Lipinski definition) is 6. The maximum absolute atomic E-state index is 12.3. The minimum atomic E-state index is -3.09. The average molecular weight is 315 g/mol. The largest absolute Gasteiger partial charge is 0.352 e. The topological polar surface area (TPSA) is 62.3 Å². The maximum atomic E-state index is 12.3. The van der Waals surface area contributed by atoms with Gasteiger partial charge < -0.3 is 10.2 Å². The van der Waals surface area contributed by atoms with Crippen molar-refractivity contribution < 1.29 is 8.42 Å². The highest BCUT2D eigenvalue weighted by molar-refractivity contribution is 8.01. The Morgan fingerprint density at radius 3 is 3.05 bits per heavy atom. The molecule has 7 heteroatoms. The molecule has 0 aliphatic carbocycles. The van der Waals surface area contributed by atoms with Crippen LogP contribution in [0.3, 0.4) is 0 Å². The molecule has 1 aromatic heterocycles. The van der Waals surface area contributed by atoms with E-state index in [1.165, 1.54) is 0 Å². The van der Waals surface area contributed by atoms with Crippen LogP contribution in [-0.4, -0.2) is 49.6 Å². The van der Waals surface area contributed by atoms with Gasteiger partial charge in [0.05, 0.1) is 11.9 Å². The Balaban J connectivity index is 2.38. The summed E-state index contributed by atoms with van der Waals surface area (Å²) in [6.07, 6.45) is 3.53. The second-order valence-corrected chi connectivity index (χ2v) is 8.31. The summed E-state index contributed by atoms with van der Waals surface area (Å²) < 4.78 is 24.6. The molecule has 20 heavy (non-hydrogen) atoms. The van der Waals surface area contributed by atoms with Crippen LogP contribution < -0.4 is 10.2 Å². The van der Waals surface area contributed by atoms with Crippen LogP contribution in [0.15, 0.2) is 18.5 Å². The smallest absolute Gasteiger partial charge is 0.171 e. The lowest BCUT2D eigenvalue weighted by Crippen LogP contribution is -2.48. The van der Waals surface area contributed by atoms with Gasteiger partial charge in [-0.15, -0.1) is 0 Å². The average Bonchev–Trinajstić information content (AvgIpc) is 2.48. The fourth-order valence-electron chi connectivity index (χ4n) is 2.36. The molecule has 112 valence electrons. The second kappa shape index (κ2) is 6.78. The zero-order chi connectivity index (χ0) is 14.6. The Morgan fingerprint density at radius 2 is 2.35 bits per heavy atom. The van der Waals surface area contributed by atoms with Crippen molar-refractivity contribution in [2.45, 2.75) is 18.8 Å². The molecule has 1 unspecified atom stereocenters. The molecular formula is C13H21N3O2S2. The fourth-order valence-corrected chi connectivity index (χ4v) is 5.34. The molecule has 5 nitrogen and oxygen atoms in total. The summed E-state index contributed by atoms with van der Waals surface area (Å²) in [5.74, 6) is 1.75. The summed E-state index contributed by atoms with van der Waals surface area (Å²) in [6.45, 7) is 3.17. The lowest BCUT2D eigenvalue weighted by atomic mass is 10.2. The fraction of sp³-hybridized carbons (Fsp3) is 0.615. The predicted octanol–water partition coefficient (Wildman–Crippen LogP) is 1.11. The lowest BCUT2D eigenvalue weighted by molar-refractivity contribution is 0.579. The summed E-state index contributed by atoms with van der Waals surface area (Å²) in [5.41, 5.74) is 2.02. The lowest BCUT2D eigenvalue weighted by Gasteiger charge is -2.37. The van der Waals surface area contributed by atoms with E-state index < -0.39 is 15.2 Å². The van der Waals surface area contributed by atoms with Crippen molar-refractivity contribution in [3.8, 4) is 0 Å². The van der Waals surface area contributed by atoms with Crippen molar-refractivity contribution in [3.63, 3.8) is 0 Å². The van der Waals surface area contributed by atoms with Crippen LogP contribution in [-0.2, 0) is 16.4 Å². The first-order valence-electron chi connectivity index (χ1n) is 6.73. The van der Waals surface area contributed by atoms with Gasteiger partial charge in [-0.1, -0.05) is 6.92 Å². The molecule has 1 aliphatic rings. The molecule has 2 heterocycles.